The van der Waals surface area contributed by atoms with E-state index in [0.29, 0.717) is 45.6 Å². The maximum absolute atomic E-state index is 9.97. The number of fused-ring (bicyclic) bond motifs is 1. The van der Waals surface area contributed by atoms with Crippen LogP contribution in [0.15, 0.2) is 41.8 Å². The Morgan fingerprint density at radius 3 is 2.12 bits per heavy atom. The number of nitrogens with two attached hydrogens (primary N) is 1. The number of benzene rings is 2. The van der Waals surface area contributed by atoms with Crippen LogP contribution in [0.5, 0.6) is 34.6 Å². The molecule has 1 atom stereocenters. The lowest BCUT2D eigenvalue weighted by Crippen LogP contribution is -2.21. The molecule has 1 aliphatic rings. The van der Waals surface area contributed by atoms with Crippen molar-refractivity contribution in [3.05, 3.63) is 52.9 Å². The fraction of sp³-hybridized carbons (Fsp3) is 0.250. The van der Waals surface area contributed by atoms with Gasteiger partial charge in [0, 0.05) is 5.56 Å². The van der Waals surface area contributed by atoms with Gasteiger partial charge in [-0.05, 0) is 29.8 Å². The van der Waals surface area contributed by atoms with Gasteiger partial charge in [0.2, 0.25) is 17.5 Å². The quantitative estimate of drug-likeness (QED) is 0.540. The van der Waals surface area contributed by atoms with Crippen LogP contribution in [-0.2, 0) is 0 Å². The topological polar surface area (TPSA) is 134 Å². The first-order chi connectivity index (χ1) is 16.5. The zero-order chi connectivity index (χ0) is 24.4. The van der Waals surface area contributed by atoms with E-state index in [-0.39, 0.29) is 17.3 Å². The molecule has 0 fully saturated rings. The average molecular weight is 464 g/mol. The number of hydrogen-bond acceptors (Lipinski definition) is 9. The molecule has 3 N–H and O–H groups in total. The number of nitrogens with zero attached hydrogens (tertiary/aromatic N) is 2. The van der Waals surface area contributed by atoms with Gasteiger partial charge in [-0.1, -0.05) is 6.07 Å². The van der Waals surface area contributed by atoms with E-state index >= 15 is 0 Å². The van der Waals surface area contributed by atoms with Crippen molar-refractivity contribution >= 4 is 0 Å². The summed E-state index contributed by atoms with van der Waals surface area (Å²) >= 11 is 0. The van der Waals surface area contributed by atoms with Crippen molar-refractivity contribution in [2.45, 2.75) is 5.92 Å². The van der Waals surface area contributed by atoms with Crippen molar-refractivity contribution in [1.29, 1.82) is 5.26 Å². The fourth-order valence-electron chi connectivity index (χ4n) is 4.06. The lowest BCUT2D eigenvalue weighted by molar-refractivity contribution is 0.324. The number of ether oxygens (including phenoxy) is 6. The molecule has 1 aromatic heterocycles. The summed E-state index contributed by atoms with van der Waals surface area (Å²) in [6.07, 6.45) is 0. The maximum atomic E-state index is 9.97. The summed E-state index contributed by atoms with van der Waals surface area (Å²) in [5.74, 6) is 2.13. The van der Waals surface area contributed by atoms with E-state index in [9.17, 15) is 5.26 Å². The normalized spacial score (nSPS) is 14.5. The van der Waals surface area contributed by atoms with Gasteiger partial charge in [0.05, 0.1) is 52.7 Å². The number of H-pyrrole nitrogens is 1. The first kappa shape index (κ1) is 22.7. The summed E-state index contributed by atoms with van der Waals surface area (Å²) < 4.78 is 33.0. The number of nitrogens with one attached hydrogen (secondary N) is 1. The Morgan fingerprint density at radius 2 is 1.56 bits per heavy atom. The third-order valence-corrected chi connectivity index (χ3v) is 5.63. The number of methoxy groups -OCH3 is 5. The molecule has 0 unspecified atom stereocenters. The van der Waals surface area contributed by atoms with Gasteiger partial charge in [0.15, 0.2) is 23.0 Å². The molecule has 0 amide bonds. The predicted molar refractivity (Wildman–Crippen MR) is 123 cm³/mol. The van der Waals surface area contributed by atoms with Gasteiger partial charge in [-0.15, -0.1) is 5.10 Å². The molecule has 10 nitrogen and oxygen atoms in total. The molecule has 176 valence electrons. The third kappa shape index (κ3) is 3.57. The smallest absolute Gasteiger partial charge is 0.244 e. The summed E-state index contributed by atoms with van der Waals surface area (Å²) in [7, 11) is 7.71. The van der Waals surface area contributed by atoms with Gasteiger partial charge >= 0.3 is 0 Å². The van der Waals surface area contributed by atoms with Crippen molar-refractivity contribution in [1.82, 2.24) is 10.2 Å². The number of nitriles is 1. The molecular weight excluding hydrogens is 440 g/mol. The first-order valence-electron chi connectivity index (χ1n) is 10.2. The van der Waals surface area contributed by atoms with Crippen molar-refractivity contribution in [2.75, 3.05) is 35.5 Å². The monoisotopic (exact) mass is 464 g/mol. The number of aromatic nitrogens is 2. The van der Waals surface area contributed by atoms with E-state index < -0.39 is 5.92 Å². The molecule has 3 aromatic rings. The van der Waals surface area contributed by atoms with E-state index in [1.54, 1.807) is 38.5 Å². The van der Waals surface area contributed by atoms with Gasteiger partial charge in [0.1, 0.15) is 11.6 Å². The summed E-state index contributed by atoms with van der Waals surface area (Å²) in [5.41, 5.74) is 9.02. The summed E-state index contributed by atoms with van der Waals surface area (Å²) in [4.78, 5) is 0. The van der Waals surface area contributed by atoms with Crippen LogP contribution in [0, 0.1) is 11.3 Å². The number of aromatic amines is 1. The third-order valence-electron chi connectivity index (χ3n) is 5.63. The molecule has 0 radical (unpaired) electrons. The van der Waals surface area contributed by atoms with Crippen LogP contribution < -0.4 is 34.2 Å². The number of hydrogen-bond donors (Lipinski definition) is 2. The molecule has 1 aliphatic heterocycles. The minimum atomic E-state index is -0.582. The second-order valence-corrected chi connectivity index (χ2v) is 7.27. The molecule has 0 saturated carbocycles. The van der Waals surface area contributed by atoms with Gasteiger partial charge in [-0.3, -0.25) is 5.10 Å². The molecule has 0 bridgehead atoms. The number of rotatable bonds is 7. The van der Waals surface area contributed by atoms with Crippen molar-refractivity contribution in [2.24, 2.45) is 5.73 Å². The molecule has 10 heteroatoms. The van der Waals surface area contributed by atoms with E-state index in [1.165, 1.54) is 21.3 Å². The van der Waals surface area contributed by atoms with Crippen molar-refractivity contribution < 1.29 is 28.4 Å². The van der Waals surface area contributed by atoms with Gasteiger partial charge < -0.3 is 34.2 Å². The van der Waals surface area contributed by atoms with Crippen LogP contribution in [0.2, 0.25) is 0 Å². The Labute approximate surface area is 196 Å². The zero-order valence-electron chi connectivity index (χ0n) is 19.4. The highest BCUT2D eigenvalue weighted by atomic mass is 16.5. The zero-order valence-corrected chi connectivity index (χ0v) is 19.4. The lowest BCUT2D eigenvalue weighted by Gasteiger charge is -2.25. The Balaban J connectivity index is 1.96. The van der Waals surface area contributed by atoms with Crippen molar-refractivity contribution in [3.8, 4) is 52.0 Å². The Bertz CT molecular complexity index is 1280. The maximum Gasteiger partial charge on any atom is 0.244 e. The standard InChI is InChI=1S/C24H24N4O6/c1-29-15-7-6-12(8-16(15)30-2)19-14(11-25)23(26)34-24-20(19)21(27-28-24)13-9-17(31-3)22(33-5)18(10-13)32-4/h6-10,19H,26H2,1-5H3,(H,27,28)/t19-/m0/s1. The molecule has 2 heterocycles. The van der Waals surface area contributed by atoms with Gasteiger partial charge in [-0.25, -0.2) is 0 Å². The van der Waals surface area contributed by atoms with E-state index in [2.05, 4.69) is 16.3 Å². The first-order valence-corrected chi connectivity index (χ1v) is 10.2. The number of allylic oxidation sites excluding steroid dienone is 1. The van der Waals surface area contributed by atoms with Crippen LogP contribution in [0.25, 0.3) is 11.3 Å². The van der Waals surface area contributed by atoms with Gasteiger partial charge in [0.25, 0.3) is 0 Å². The molecule has 4 rings (SSSR count). The second kappa shape index (κ2) is 9.15. The summed E-state index contributed by atoms with van der Waals surface area (Å²) in [6, 6.07) is 11.2. The van der Waals surface area contributed by atoms with Crippen LogP contribution in [0.1, 0.15) is 17.0 Å². The van der Waals surface area contributed by atoms with E-state index in [1.807, 2.05) is 6.07 Å². The highest BCUT2D eigenvalue weighted by molar-refractivity contribution is 5.75. The molecule has 0 aliphatic carbocycles. The summed E-state index contributed by atoms with van der Waals surface area (Å²) in [5, 5.41) is 17.3. The highest BCUT2D eigenvalue weighted by Gasteiger charge is 2.36. The van der Waals surface area contributed by atoms with Crippen LogP contribution in [-0.4, -0.2) is 45.7 Å². The molecule has 0 spiro atoms. The van der Waals surface area contributed by atoms with Crippen LogP contribution in [0.4, 0.5) is 0 Å². The molecule has 0 saturated heterocycles. The minimum Gasteiger partial charge on any atom is -0.493 e. The molecule has 2 aromatic carbocycles. The second-order valence-electron chi connectivity index (χ2n) is 7.27. The predicted octanol–water partition coefficient (Wildman–Crippen LogP) is 3.34. The van der Waals surface area contributed by atoms with E-state index in [4.69, 9.17) is 34.2 Å². The molecule has 34 heavy (non-hydrogen) atoms. The SMILES string of the molecule is COc1ccc([C@H]2C(C#N)=C(N)Oc3n[nH]c(-c4cc(OC)c(OC)c(OC)c4)c32)cc1OC. The Hall–Kier alpha value is -4.52. The van der Waals surface area contributed by atoms with Crippen LogP contribution in [0.3, 0.4) is 0 Å². The van der Waals surface area contributed by atoms with Crippen molar-refractivity contribution in [3.63, 3.8) is 0 Å². The molecular formula is C24H24N4O6. The largest absolute Gasteiger partial charge is 0.493 e. The Morgan fingerprint density at radius 1 is 0.912 bits per heavy atom. The van der Waals surface area contributed by atoms with E-state index in [0.717, 1.165) is 5.56 Å². The lowest BCUT2D eigenvalue weighted by atomic mass is 9.83. The highest BCUT2D eigenvalue weighted by Crippen LogP contribution is 2.49. The fourth-order valence-corrected chi connectivity index (χ4v) is 4.06. The van der Waals surface area contributed by atoms with Crippen LogP contribution >= 0.6 is 0 Å². The average Bonchev–Trinajstić information content (AvgIpc) is 3.29. The minimum absolute atomic E-state index is 0.0160. The van der Waals surface area contributed by atoms with Gasteiger partial charge in [-0.2, -0.15) is 5.26 Å². The summed E-state index contributed by atoms with van der Waals surface area (Å²) in [6.45, 7) is 0. The Kier molecular flexibility index (Phi) is 6.10.